The van der Waals surface area contributed by atoms with Gasteiger partial charge in [0, 0.05) is 36.6 Å². The van der Waals surface area contributed by atoms with E-state index in [9.17, 15) is 9.90 Å². The van der Waals surface area contributed by atoms with Crippen molar-refractivity contribution in [3.63, 3.8) is 0 Å². The second kappa shape index (κ2) is 8.02. The molecular formula is C23H19ClN6O2. The van der Waals surface area contributed by atoms with Crippen LogP contribution in [0.5, 0.6) is 0 Å². The first-order chi connectivity index (χ1) is 15.5. The van der Waals surface area contributed by atoms with Crippen LogP contribution in [-0.4, -0.2) is 32.6 Å². The lowest BCUT2D eigenvalue weighted by Gasteiger charge is -2.31. The van der Waals surface area contributed by atoms with Crippen LogP contribution in [0.1, 0.15) is 27.9 Å². The molecule has 0 spiro atoms. The van der Waals surface area contributed by atoms with Crippen LogP contribution in [0, 0.1) is 11.3 Å². The number of hydrogen-bond donors (Lipinski definition) is 2. The molecule has 160 valence electrons. The maximum absolute atomic E-state index is 11.3. The molecule has 0 fully saturated rings. The van der Waals surface area contributed by atoms with E-state index in [1.807, 2.05) is 30.3 Å². The minimum absolute atomic E-state index is 0.393. The molecule has 0 saturated carbocycles. The van der Waals surface area contributed by atoms with Gasteiger partial charge >= 0.3 is 6.09 Å². The first-order valence-electron chi connectivity index (χ1n) is 10.2. The lowest BCUT2D eigenvalue weighted by atomic mass is 10.0. The zero-order chi connectivity index (χ0) is 22.2. The van der Waals surface area contributed by atoms with Gasteiger partial charge in [-0.15, -0.1) is 0 Å². The summed E-state index contributed by atoms with van der Waals surface area (Å²) in [5.74, 6) is 0.764. The molecular weight excluding hydrogens is 428 g/mol. The number of fused-ring (bicyclic) bond motifs is 2. The van der Waals surface area contributed by atoms with Crippen LogP contribution in [0.4, 0.5) is 22.0 Å². The van der Waals surface area contributed by atoms with Crippen molar-refractivity contribution in [3.05, 3.63) is 75.7 Å². The van der Waals surface area contributed by atoms with Gasteiger partial charge < -0.3 is 15.3 Å². The Morgan fingerprint density at radius 2 is 1.97 bits per heavy atom. The number of nitrogens with zero attached hydrogens (tertiary/aromatic N) is 5. The number of hydrogen-bond acceptors (Lipinski definition) is 6. The van der Waals surface area contributed by atoms with Crippen LogP contribution in [0.2, 0.25) is 5.02 Å². The van der Waals surface area contributed by atoms with Gasteiger partial charge in [0.05, 0.1) is 22.8 Å². The number of benzene rings is 2. The lowest BCUT2D eigenvalue weighted by Crippen LogP contribution is -2.31. The molecule has 1 amide bonds. The molecule has 2 aliphatic heterocycles. The van der Waals surface area contributed by atoms with Crippen LogP contribution in [0.25, 0.3) is 0 Å². The number of nitriles is 1. The topological polar surface area (TPSA) is 105 Å². The molecule has 3 aromatic rings. The highest BCUT2D eigenvalue weighted by Crippen LogP contribution is 2.32. The molecule has 9 heteroatoms. The number of nitrogens with one attached hydrogen (secondary N) is 1. The van der Waals surface area contributed by atoms with Gasteiger partial charge in [0.1, 0.15) is 18.2 Å². The number of amides is 1. The van der Waals surface area contributed by atoms with Crippen LogP contribution >= 0.6 is 11.6 Å². The number of carboxylic acid groups (broad SMARTS) is 1. The van der Waals surface area contributed by atoms with Gasteiger partial charge in [-0.3, -0.25) is 4.90 Å². The smallest absolute Gasteiger partial charge is 0.407 e. The van der Waals surface area contributed by atoms with Crippen LogP contribution in [0.15, 0.2) is 42.7 Å². The zero-order valence-corrected chi connectivity index (χ0v) is 17.8. The van der Waals surface area contributed by atoms with Crippen LogP contribution in [0.3, 0.4) is 0 Å². The minimum Gasteiger partial charge on any atom is -0.465 e. The maximum atomic E-state index is 11.3. The molecule has 2 aromatic carbocycles. The Labute approximate surface area is 189 Å². The molecule has 32 heavy (non-hydrogen) atoms. The summed E-state index contributed by atoms with van der Waals surface area (Å²) in [5, 5.41) is 22.2. The third kappa shape index (κ3) is 3.67. The van der Waals surface area contributed by atoms with Gasteiger partial charge in [-0.05, 0) is 47.9 Å². The van der Waals surface area contributed by atoms with Crippen molar-refractivity contribution in [2.24, 2.45) is 0 Å². The standard InChI is InChI=1S/C23H19ClN6O2/c24-20-8-18(4-2-14(20)9-25)29-6-5-19-21(12-29)26-13-27-22(19)28-17-3-1-15-10-30(23(31)32)11-16(15)7-17/h1-4,7-8,13H,5-6,10-12H2,(H,31,32)(H,26,27,28). The monoisotopic (exact) mass is 446 g/mol. The average molecular weight is 447 g/mol. The lowest BCUT2D eigenvalue weighted by molar-refractivity contribution is 0.145. The first kappa shape index (κ1) is 20.1. The summed E-state index contributed by atoms with van der Waals surface area (Å²) in [7, 11) is 0. The fraction of sp³-hybridized carbons (Fsp3) is 0.217. The average Bonchev–Trinajstić information content (AvgIpc) is 3.23. The van der Waals surface area contributed by atoms with Crippen molar-refractivity contribution in [2.45, 2.75) is 26.1 Å². The number of carbonyl (C=O) groups is 1. The highest BCUT2D eigenvalue weighted by Gasteiger charge is 2.24. The van der Waals surface area contributed by atoms with Gasteiger partial charge in [0.2, 0.25) is 0 Å². The van der Waals surface area contributed by atoms with E-state index in [1.165, 1.54) is 4.90 Å². The van der Waals surface area contributed by atoms with E-state index in [-0.39, 0.29) is 0 Å². The van der Waals surface area contributed by atoms with Gasteiger partial charge in [0.15, 0.2) is 0 Å². The molecule has 0 radical (unpaired) electrons. The number of anilines is 3. The molecule has 2 aliphatic rings. The van der Waals surface area contributed by atoms with Crippen molar-refractivity contribution >= 4 is 34.9 Å². The third-order valence-corrected chi connectivity index (χ3v) is 6.22. The van der Waals surface area contributed by atoms with Crippen molar-refractivity contribution in [2.75, 3.05) is 16.8 Å². The predicted octanol–water partition coefficient (Wildman–Crippen LogP) is 4.30. The number of aromatic nitrogens is 2. The Balaban J connectivity index is 1.36. The van der Waals surface area contributed by atoms with Crippen LogP contribution in [-0.2, 0) is 26.1 Å². The Bertz CT molecular complexity index is 1270. The summed E-state index contributed by atoms with van der Waals surface area (Å²) < 4.78 is 0. The van der Waals surface area contributed by atoms with Gasteiger partial charge in [0.25, 0.3) is 0 Å². The fourth-order valence-corrected chi connectivity index (χ4v) is 4.44. The van der Waals surface area contributed by atoms with E-state index in [0.717, 1.165) is 52.5 Å². The summed E-state index contributed by atoms with van der Waals surface area (Å²) in [6, 6.07) is 13.4. The molecule has 5 rings (SSSR count). The molecule has 0 saturated heterocycles. The largest absolute Gasteiger partial charge is 0.465 e. The van der Waals surface area contributed by atoms with E-state index in [2.05, 4.69) is 26.3 Å². The van der Waals surface area contributed by atoms with Crippen molar-refractivity contribution in [1.29, 1.82) is 5.26 Å². The molecule has 3 heterocycles. The summed E-state index contributed by atoms with van der Waals surface area (Å²) in [6.45, 7) is 2.20. The highest BCUT2D eigenvalue weighted by molar-refractivity contribution is 6.32. The summed E-state index contributed by atoms with van der Waals surface area (Å²) in [6.07, 6.45) is 1.40. The van der Waals surface area contributed by atoms with Gasteiger partial charge in [-0.1, -0.05) is 17.7 Å². The predicted molar refractivity (Wildman–Crippen MR) is 120 cm³/mol. The van der Waals surface area contributed by atoms with Crippen molar-refractivity contribution in [1.82, 2.24) is 14.9 Å². The Morgan fingerprint density at radius 3 is 2.75 bits per heavy atom. The van der Waals surface area contributed by atoms with E-state index < -0.39 is 6.09 Å². The molecule has 8 nitrogen and oxygen atoms in total. The van der Waals surface area contributed by atoms with E-state index in [0.29, 0.717) is 30.2 Å². The first-order valence-corrected chi connectivity index (χ1v) is 10.5. The SMILES string of the molecule is N#Cc1ccc(N2CCc3c(ncnc3Nc3ccc4c(c3)CN(C(=O)O)C4)C2)cc1Cl. The van der Waals surface area contributed by atoms with E-state index in [4.69, 9.17) is 16.9 Å². The molecule has 0 bridgehead atoms. The molecule has 2 N–H and O–H groups in total. The number of rotatable bonds is 3. The Kier molecular flexibility index (Phi) is 5.04. The summed E-state index contributed by atoms with van der Waals surface area (Å²) >= 11 is 6.21. The van der Waals surface area contributed by atoms with Crippen LogP contribution < -0.4 is 10.2 Å². The summed E-state index contributed by atoms with van der Waals surface area (Å²) in [5.41, 5.74) is 6.32. The zero-order valence-electron chi connectivity index (χ0n) is 17.0. The fourth-order valence-electron chi connectivity index (χ4n) is 4.22. The quantitative estimate of drug-likeness (QED) is 0.617. The normalized spacial score (nSPS) is 14.5. The molecule has 1 aromatic heterocycles. The Hall–Kier alpha value is -3.83. The molecule has 0 atom stereocenters. The summed E-state index contributed by atoms with van der Waals surface area (Å²) in [4.78, 5) is 23.8. The second-order valence-corrected chi connectivity index (χ2v) is 8.25. The maximum Gasteiger partial charge on any atom is 0.407 e. The van der Waals surface area contributed by atoms with Gasteiger partial charge in [-0.25, -0.2) is 14.8 Å². The van der Waals surface area contributed by atoms with E-state index >= 15 is 0 Å². The highest BCUT2D eigenvalue weighted by atomic mass is 35.5. The Morgan fingerprint density at radius 1 is 1.12 bits per heavy atom. The minimum atomic E-state index is -0.909. The molecule has 0 unspecified atom stereocenters. The van der Waals surface area contributed by atoms with E-state index in [1.54, 1.807) is 12.4 Å². The second-order valence-electron chi connectivity index (χ2n) is 7.84. The van der Waals surface area contributed by atoms with Crippen molar-refractivity contribution < 1.29 is 9.90 Å². The van der Waals surface area contributed by atoms with Crippen molar-refractivity contribution in [3.8, 4) is 6.07 Å². The number of halogens is 1. The van der Waals surface area contributed by atoms with Gasteiger partial charge in [-0.2, -0.15) is 5.26 Å². The molecule has 0 aliphatic carbocycles. The third-order valence-electron chi connectivity index (χ3n) is 5.91.